The lowest BCUT2D eigenvalue weighted by Gasteiger charge is -2.14. The van der Waals surface area contributed by atoms with E-state index in [1.165, 1.54) is 18.4 Å². The molecule has 0 amide bonds. The van der Waals surface area contributed by atoms with Crippen molar-refractivity contribution >= 4 is 5.97 Å². The number of nitrogens with one attached hydrogen (secondary N) is 1. The summed E-state index contributed by atoms with van der Waals surface area (Å²) in [6, 6.07) is 7.37. The van der Waals surface area contributed by atoms with Gasteiger partial charge in [-0.1, -0.05) is 31.2 Å². The highest BCUT2D eigenvalue weighted by Crippen LogP contribution is 2.40. The second-order valence-electron chi connectivity index (χ2n) is 4.27. The summed E-state index contributed by atoms with van der Waals surface area (Å²) in [7, 11) is 0. The standard InChI is InChI=1S/C13H17NO2/c1-2-14-12(13(15)16)11-5-3-4-10(8-11)9-6-7-9/h3-5,8-9,12,14H,2,6-7H2,1H3,(H,15,16). The number of hydrogen-bond acceptors (Lipinski definition) is 2. The minimum Gasteiger partial charge on any atom is -0.480 e. The Balaban J connectivity index is 2.22. The molecule has 0 heterocycles. The summed E-state index contributed by atoms with van der Waals surface area (Å²) in [6.07, 6.45) is 2.48. The Labute approximate surface area is 95.5 Å². The van der Waals surface area contributed by atoms with Crippen molar-refractivity contribution in [3.8, 4) is 0 Å². The second-order valence-corrected chi connectivity index (χ2v) is 4.27. The molecule has 86 valence electrons. The average Bonchev–Trinajstić information content (AvgIpc) is 3.09. The molecule has 16 heavy (non-hydrogen) atoms. The van der Waals surface area contributed by atoms with Gasteiger partial charge >= 0.3 is 5.97 Å². The average molecular weight is 219 g/mol. The van der Waals surface area contributed by atoms with E-state index in [0.717, 1.165) is 5.56 Å². The van der Waals surface area contributed by atoms with E-state index in [4.69, 9.17) is 5.11 Å². The zero-order chi connectivity index (χ0) is 11.5. The molecule has 3 heteroatoms. The highest BCUT2D eigenvalue weighted by Gasteiger charge is 2.25. The van der Waals surface area contributed by atoms with Crippen LogP contribution in [-0.4, -0.2) is 17.6 Å². The van der Waals surface area contributed by atoms with Crippen LogP contribution in [0.3, 0.4) is 0 Å². The van der Waals surface area contributed by atoms with Crippen molar-refractivity contribution in [1.29, 1.82) is 0 Å². The van der Waals surface area contributed by atoms with Gasteiger partial charge in [0.25, 0.3) is 0 Å². The molecule has 0 spiro atoms. The smallest absolute Gasteiger partial charge is 0.325 e. The molecule has 0 aromatic heterocycles. The van der Waals surface area contributed by atoms with Crippen LogP contribution in [0.1, 0.15) is 42.9 Å². The van der Waals surface area contributed by atoms with E-state index in [-0.39, 0.29) is 0 Å². The SMILES string of the molecule is CCNC(C(=O)O)c1cccc(C2CC2)c1. The van der Waals surface area contributed by atoms with Gasteiger partial charge in [0.1, 0.15) is 6.04 Å². The van der Waals surface area contributed by atoms with E-state index in [1.807, 2.05) is 25.1 Å². The Morgan fingerprint density at radius 3 is 2.88 bits per heavy atom. The van der Waals surface area contributed by atoms with Gasteiger partial charge in [0.15, 0.2) is 0 Å². The van der Waals surface area contributed by atoms with Gasteiger partial charge in [0, 0.05) is 0 Å². The van der Waals surface area contributed by atoms with E-state index in [2.05, 4.69) is 11.4 Å². The van der Waals surface area contributed by atoms with Crippen LogP contribution in [-0.2, 0) is 4.79 Å². The number of hydrogen-bond donors (Lipinski definition) is 2. The summed E-state index contributed by atoms with van der Waals surface area (Å²) in [5.74, 6) is -0.147. The maximum absolute atomic E-state index is 11.1. The first-order valence-corrected chi connectivity index (χ1v) is 5.78. The molecule has 3 nitrogen and oxygen atoms in total. The number of aliphatic carboxylic acids is 1. The van der Waals surface area contributed by atoms with Crippen LogP contribution in [0.25, 0.3) is 0 Å². The van der Waals surface area contributed by atoms with Crippen LogP contribution >= 0.6 is 0 Å². The first-order valence-electron chi connectivity index (χ1n) is 5.78. The van der Waals surface area contributed by atoms with E-state index >= 15 is 0 Å². The summed E-state index contributed by atoms with van der Waals surface area (Å²) in [4.78, 5) is 11.1. The summed E-state index contributed by atoms with van der Waals surface area (Å²) in [5.41, 5.74) is 2.14. The Morgan fingerprint density at radius 2 is 2.31 bits per heavy atom. The van der Waals surface area contributed by atoms with Crippen molar-refractivity contribution in [2.45, 2.75) is 31.7 Å². The Bertz CT molecular complexity index is 385. The van der Waals surface area contributed by atoms with Crippen LogP contribution in [0.5, 0.6) is 0 Å². The largest absolute Gasteiger partial charge is 0.480 e. The summed E-state index contributed by atoms with van der Waals surface area (Å²) in [5, 5.41) is 12.1. The van der Waals surface area contributed by atoms with Crippen molar-refractivity contribution in [2.24, 2.45) is 0 Å². The quantitative estimate of drug-likeness (QED) is 0.799. The monoisotopic (exact) mass is 219 g/mol. The zero-order valence-electron chi connectivity index (χ0n) is 9.44. The second kappa shape index (κ2) is 4.66. The molecule has 0 aliphatic heterocycles. The molecule has 1 unspecified atom stereocenters. The highest BCUT2D eigenvalue weighted by atomic mass is 16.4. The van der Waals surface area contributed by atoms with E-state index < -0.39 is 12.0 Å². The van der Waals surface area contributed by atoms with Crippen molar-refractivity contribution in [3.05, 3.63) is 35.4 Å². The number of likely N-dealkylation sites (N-methyl/N-ethyl adjacent to an activating group) is 1. The molecule has 1 saturated carbocycles. The molecule has 0 saturated heterocycles. The van der Waals surface area contributed by atoms with Crippen LogP contribution < -0.4 is 5.32 Å². The van der Waals surface area contributed by atoms with Gasteiger partial charge in [-0.15, -0.1) is 0 Å². The van der Waals surface area contributed by atoms with Crippen molar-refractivity contribution in [3.63, 3.8) is 0 Å². The molecular weight excluding hydrogens is 202 g/mol. The third-order valence-corrected chi connectivity index (χ3v) is 2.95. The van der Waals surface area contributed by atoms with Crippen molar-refractivity contribution in [1.82, 2.24) is 5.32 Å². The highest BCUT2D eigenvalue weighted by molar-refractivity contribution is 5.75. The van der Waals surface area contributed by atoms with E-state index in [0.29, 0.717) is 12.5 Å². The summed E-state index contributed by atoms with van der Waals surface area (Å²) >= 11 is 0. The molecule has 1 aliphatic carbocycles. The van der Waals surface area contributed by atoms with Crippen molar-refractivity contribution < 1.29 is 9.90 Å². The van der Waals surface area contributed by atoms with Gasteiger partial charge < -0.3 is 10.4 Å². The van der Waals surface area contributed by atoms with Gasteiger partial charge in [-0.05, 0) is 36.4 Å². The van der Waals surface area contributed by atoms with Crippen LogP contribution in [0.4, 0.5) is 0 Å². The van der Waals surface area contributed by atoms with Crippen molar-refractivity contribution in [2.75, 3.05) is 6.54 Å². The van der Waals surface area contributed by atoms with Crippen LogP contribution in [0, 0.1) is 0 Å². The lowest BCUT2D eigenvalue weighted by atomic mass is 10.0. The number of carboxylic acid groups (broad SMARTS) is 1. The first kappa shape index (κ1) is 11.1. The molecular formula is C13H17NO2. The molecule has 1 fully saturated rings. The van der Waals surface area contributed by atoms with E-state index in [1.54, 1.807) is 0 Å². The maximum Gasteiger partial charge on any atom is 0.325 e. The number of carbonyl (C=O) groups is 1. The Morgan fingerprint density at radius 1 is 1.56 bits per heavy atom. The molecule has 0 bridgehead atoms. The number of benzene rings is 1. The maximum atomic E-state index is 11.1. The predicted octanol–water partition coefficient (Wildman–Crippen LogP) is 2.30. The lowest BCUT2D eigenvalue weighted by Crippen LogP contribution is -2.28. The summed E-state index contributed by atoms with van der Waals surface area (Å²) < 4.78 is 0. The molecule has 2 N–H and O–H groups in total. The lowest BCUT2D eigenvalue weighted by molar-refractivity contribution is -0.139. The Hall–Kier alpha value is -1.35. The molecule has 2 rings (SSSR count). The topological polar surface area (TPSA) is 49.3 Å². The van der Waals surface area contributed by atoms with Crippen LogP contribution in [0.15, 0.2) is 24.3 Å². The van der Waals surface area contributed by atoms with Gasteiger partial charge in [-0.3, -0.25) is 4.79 Å². The molecule has 1 atom stereocenters. The Kier molecular flexibility index (Phi) is 3.25. The normalized spacial score (nSPS) is 17.1. The molecule has 1 aliphatic rings. The van der Waals surface area contributed by atoms with E-state index in [9.17, 15) is 4.79 Å². The fourth-order valence-electron chi connectivity index (χ4n) is 1.96. The van der Waals surface area contributed by atoms with Gasteiger partial charge in [0.2, 0.25) is 0 Å². The zero-order valence-corrected chi connectivity index (χ0v) is 9.44. The first-order chi connectivity index (χ1) is 7.72. The number of carboxylic acids is 1. The van der Waals surface area contributed by atoms with Gasteiger partial charge in [-0.25, -0.2) is 0 Å². The minimum atomic E-state index is -0.810. The fourth-order valence-corrected chi connectivity index (χ4v) is 1.96. The van der Waals surface area contributed by atoms with Gasteiger partial charge in [-0.2, -0.15) is 0 Å². The minimum absolute atomic E-state index is 0.580. The number of rotatable bonds is 5. The third-order valence-electron chi connectivity index (χ3n) is 2.95. The molecule has 1 aromatic rings. The molecule has 0 radical (unpaired) electrons. The summed E-state index contributed by atoms with van der Waals surface area (Å²) in [6.45, 7) is 2.57. The molecule has 1 aromatic carbocycles. The van der Waals surface area contributed by atoms with Gasteiger partial charge in [0.05, 0.1) is 0 Å². The predicted molar refractivity (Wildman–Crippen MR) is 62.5 cm³/mol. The van der Waals surface area contributed by atoms with Crippen LogP contribution in [0.2, 0.25) is 0 Å². The fraction of sp³-hybridized carbons (Fsp3) is 0.462. The third kappa shape index (κ3) is 2.42.